The number of nitrogens with zero attached hydrogens (tertiary/aromatic N) is 2. The van der Waals surface area contributed by atoms with Gasteiger partial charge in [-0.05, 0) is 60.5 Å². The molecular weight excluding hydrogens is 460 g/mol. The first kappa shape index (κ1) is 21.2. The van der Waals surface area contributed by atoms with Gasteiger partial charge in [0.15, 0.2) is 0 Å². The molecular formula is C36H24N2. The number of hydrogen-bond donors (Lipinski definition) is 0. The highest BCUT2D eigenvalue weighted by Crippen LogP contribution is 2.42. The predicted molar refractivity (Wildman–Crippen MR) is 160 cm³/mol. The van der Waals surface area contributed by atoms with Crippen LogP contribution in [0.25, 0.3) is 71.7 Å². The zero-order valence-corrected chi connectivity index (χ0v) is 21.0. The number of aromatic nitrogens is 2. The number of pyridine rings is 1. The molecule has 0 unspecified atom stereocenters. The molecule has 8 rings (SSSR count). The van der Waals surface area contributed by atoms with Gasteiger partial charge < -0.3 is 4.40 Å². The fraction of sp³-hybridized carbons (Fsp3) is 0.0278. The molecule has 0 amide bonds. The Morgan fingerprint density at radius 3 is 1.68 bits per heavy atom. The maximum absolute atomic E-state index is 5.10. The molecule has 8 aromatic rings. The van der Waals surface area contributed by atoms with Crippen LogP contribution < -0.4 is 0 Å². The maximum Gasteiger partial charge on any atom is 0.0715 e. The van der Waals surface area contributed by atoms with Crippen molar-refractivity contribution in [3.63, 3.8) is 0 Å². The third kappa shape index (κ3) is 3.10. The van der Waals surface area contributed by atoms with Crippen LogP contribution in [0.3, 0.4) is 0 Å². The van der Waals surface area contributed by atoms with Gasteiger partial charge in [0.05, 0.1) is 27.9 Å². The monoisotopic (exact) mass is 484 g/mol. The van der Waals surface area contributed by atoms with E-state index in [0.29, 0.717) is 0 Å². The lowest BCUT2D eigenvalue weighted by Gasteiger charge is -2.11. The number of para-hydroxylation sites is 1. The second-order valence-corrected chi connectivity index (χ2v) is 10.2. The van der Waals surface area contributed by atoms with Crippen molar-refractivity contribution in [2.24, 2.45) is 0 Å². The van der Waals surface area contributed by atoms with Crippen LogP contribution in [-0.4, -0.2) is 9.38 Å². The molecule has 0 bridgehead atoms. The zero-order chi connectivity index (χ0) is 25.2. The number of aryl methyl sites for hydroxylation is 1. The van der Waals surface area contributed by atoms with E-state index in [-0.39, 0.29) is 0 Å². The summed E-state index contributed by atoms with van der Waals surface area (Å²) in [5.41, 5.74) is 11.7. The van der Waals surface area contributed by atoms with Crippen molar-refractivity contribution in [2.45, 2.75) is 6.92 Å². The SMILES string of the molecule is Cc1ccc2c(c1)c1cc(-c3cc(-c4ccccc4)nc(-c4ccccc4)c3)cc3c4ccccc4n2c31. The van der Waals surface area contributed by atoms with Gasteiger partial charge in [0, 0.05) is 32.7 Å². The molecule has 0 spiro atoms. The highest BCUT2D eigenvalue weighted by molar-refractivity contribution is 6.24. The summed E-state index contributed by atoms with van der Waals surface area (Å²) < 4.78 is 2.44. The summed E-state index contributed by atoms with van der Waals surface area (Å²) in [6.07, 6.45) is 0. The Hall–Kier alpha value is -4.95. The van der Waals surface area contributed by atoms with E-state index < -0.39 is 0 Å². The van der Waals surface area contributed by atoms with Crippen molar-refractivity contribution >= 4 is 38.1 Å². The highest BCUT2D eigenvalue weighted by Gasteiger charge is 2.19. The van der Waals surface area contributed by atoms with Crippen molar-refractivity contribution in [1.82, 2.24) is 9.38 Å². The van der Waals surface area contributed by atoms with Crippen molar-refractivity contribution in [3.8, 4) is 33.6 Å². The van der Waals surface area contributed by atoms with Crippen molar-refractivity contribution in [2.75, 3.05) is 0 Å². The van der Waals surface area contributed by atoms with Crippen LogP contribution >= 0.6 is 0 Å². The fourth-order valence-electron chi connectivity index (χ4n) is 5.99. The number of fused-ring (bicyclic) bond motifs is 6. The van der Waals surface area contributed by atoms with E-state index in [0.717, 1.165) is 22.5 Å². The largest absolute Gasteiger partial charge is 0.308 e. The van der Waals surface area contributed by atoms with Crippen molar-refractivity contribution in [3.05, 3.63) is 133 Å². The average molecular weight is 485 g/mol. The Bertz CT molecular complexity index is 2060. The molecule has 0 N–H and O–H groups in total. The molecule has 178 valence electrons. The van der Waals surface area contributed by atoms with Gasteiger partial charge in [-0.1, -0.05) is 90.5 Å². The second kappa shape index (κ2) is 8.03. The van der Waals surface area contributed by atoms with Gasteiger partial charge in [-0.15, -0.1) is 0 Å². The molecule has 0 radical (unpaired) electrons. The minimum absolute atomic E-state index is 0.983. The van der Waals surface area contributed by atoms with Crippen molar-refractivity contribution < 1.29 is 0 Å². The fourth-order valence-corrected chi connectivity index (χ4v) is 5.99. The van der Waals surface area contributed by atoms with E-state index in [4.69, 9.17) is 4.98 Å². The van der Waals surface area contributed by atoms with E-state index in [2.05, 4.69) is 139 Å². The third-order valence-electron chi connectivity index (χ3n) is 7.75. The molecule has 0 saturated heterocycles. The Balaban J connectivity index is 1.48. The van der Waals surface area contributed by atoms with Gasteiger partial charge in [-0.3, -0.25) is 0 Å². The van der Waals surface area contributed by atoms with Gasteiger partial charge in [0.25, 0.3) is 0 Å². The van der Waals surface area contributed by atoms with Gasteiger partial charge in [-0.2, -0.15) is 0 Å². The molecule has 0 aliphatic rings. The van der Waals surface area contributed by atoms with Gasteiger partial charge in [0.1, 0.15) is 0 Å². The second-order valence-electron chi connectivity index (χ2n) is 10.2. The summed E-state index contributed by atoms with van der Waals surface area (Å²) in [7, 11) is 0. The first-order valence-electron chi connectivity index (χ1n) is 13.1. The van der Waals surface area contributed by atoms with Crippen LogP contribution in [0.1, 0.15) is 5.56 Å². The van der Waals surface area contributed by atoms with Crippen LogP contribution in [0.2, 0.25) is 0 Å². The average Bonchev–Trinajstić information content (AvgIpc) is 3.49. The van der Waals surface area contributed by atoms with Crippen LogP contribution in [0, 0.1) is 6.92 Å². The summed E-state index contributed by atoms with van der Waals surface area (Å²) in [5, 5.41) is 5.18. The predicted octanol–water partition coefficient (Wildman–Crippen LogP) is 9.54. The lowest BCUT2D eigenvalue weighted by atomic mass is 9.96. The molecule has 2 heteroatoms. The lowest BCUT2D eigenvalue weighted by molar-refractivity contribution is 1.32. The number of benzene rings is 5. The molecule has 0 atom stereocenters. The van der Waals surface area contributed by atoms with E-state index in [1.165, 1.54) is 54.8 Å². The molecule has 0 fully saturated rings. The lowest BCUT2D eigenvalue weighted by Crippen LogP contribution is -1.91. The normalized spacial score (nSPS) is 11.8. The van der Waals surface area contributed by atoms with Crippen LogP contribution in [-0.2, 0) is 0 Å². The zero-order valence-electron chi connectivity index (χ0n) is 21.0. The van der Waals surface area contributed by atoms with E-state index >= 15 is 0 Å². The highest BCUT2D eigenvalue weighted by atomic mass is 14.9. The number of rotatable bonds is 3. The van der Waals surface area contributed by atoms with Gasteiger partial charge in [0.2, 0.25) is 0 Å². The summed E-state index contributed by atoms with van der Waals surface area (Å²) in [6.45, 7) is 2.17. The smallest absolute Gasteiger partial charge is 0.0715 e. The Morgan fingerprint density at radius 1 is 0.447 bits per heavy atom. The van der Waals surface area contributed by atoms with Gasteiger partial charge in [-0.25, -0.2) is 4.98 Å². The van der Waals surface area contributed by atoms with E-state index in [9.17, 15) is 0 Å². The Labute approximate surface area is 220 Å². The van der Waals surface area contributed by atoms with E-state index in [1.54, 1.807) is 0 Å². The van der Waals surface area contributed by atoms with Crippen molar-refractivity contribution in [1.29, 1.82) is 0 Å². The van der Waals surface area contributed by atoms with E-state index in [1.807, 2.05) is 0 Å². The van der Waals surface area contributed by atoms with Crippen LogP contribution in [0.5, 0.6) is 0 Å². The first-order valence-corrected chi connectivity index (χ1v) is 13.1. The summed E-state index contributed by atoms with van der Waals surface area (Å²) >= 11 is 0. The molecule has 5 aromatic carbocycles. The molecule has 0 aliphatic heterocycles. The molecule has 0 saturated carbocycles. The quantitative estimate of drug-likeness (QED) is 0.244. The Morgan fingerprint density at radius 2 is 1.00 bits per heavy atom. The minimum atomic E-state index is 0.983. The summed E-state index contributed by atoms with van der Waals surface area (Å²) in [4.78, 5) is 5.10. The standard InChI is InChI=1S/C36H24N2/c1-23-16-17-35-29(18-23)31-20-26(19-30-28-14-8-9-15-34(28)38(35)36(30)31)27-21-32(24-10-4-2-5-11-24)37-33(22-27)25-12-6-3-7-13-25/h2-22H,1H3. The topological polar surface area (TPSA) is 17.3 Å². The summed E-state index contributed by atoms with van der Waals surface area (Å²) in [6, 6.07) is 45.7. The molecule has 0 aliphatic carbocycles. The molecule has 38 heavy (non-hydrogen) atoms. The first-order chi connectivity index (χ1) is 18.7. The Kier molecular flexibility index (Phi) is 4.47. The maximum atomic E-state index is 5.10. The van der Waals surface area contributed by atoms with Crippen LogP contribution in [0.15, 0.2) is 127 Å². The summed E-state index contributed by atoms with van der Waals surface area (Å²) in [5.74, 6) is 0. The molecule has 2 nitrogen and oxygen atoms in total. The van der Waals surface area contributed by atoms with Gasteiger partial charge >= 0.3 is 0 Å². The van der Waals surface area contributed by atoms with Crippen LogP contribution in [0.4, 0.5) is 0 Å². The minimum Gasteiger partial charge on any atom is -0.308 e. The third-order valence-corrected chi connectivity index (χ3v) is 7.75. The molecule has 3 aromatic heterocycles. The number of hydrogen-bond acceptors (Lipinski definition) is 1. The molecule has 3 heterocycles.